The van der Waals surface area contributed by atoms with Crippen molar-refractivity contribution in [3.8, 4) is 0 Å². The van der Waals surface area contributed by atoms with Crippen molar-refractivity contribution in [3.63, 3.8) is 0 Å². The zero-order valence-electron chi connectivity index (χ0n) is 13.4. The molecule has 0 aromatic carbocycles. The first-order valence-corrected chi connectivity index (χ1v) is 8.63. The molecule has 0 saturated carbocycles. The monoisotopic (exact) mass is 295 g/mol. The lowest BCUT2D eigenvalue weighted by Gasteiger charge is -2.38. The third kappa shape index (κ3) is 4.55. The molecule has 0 spiro atoms. The summed E-state index contributed by atoms with van der Waals surface area (Å²) in [6, 6.07) is 5.87. The summed E-state index contributed by atoms with van der Waals surface area (Å²) in [4.78, 5) is 8.07. The number of hydrogen-bond donors (Lipinski definition) is 1. The van der Waals surface area contributed by atoms with E-state index < -0.39 is 0 Å². The molecular formula is C16H29N3S. The third-order valence-corrected chi connectivity index (χ3v) is 5.18. The molecule has 4 heteroatoms. The Morgan fingerprint density at radius 2 is 2.05 bits per heavy atom. The fourth-order valence-electron chi connectivity index (χ4n) is 2.72. The topological polar surface area (TPSA) is 18.5 Å². The molecule has 1 aromatic rings. The van der Waals surface area contributed by atoms with E-state index in [0.29, 0.717) is 6.04 Å². The summed E-state index contributed by atoms with van der Waals surface area (Å²) < 4.78 is 0. The highest BCUT2D eigenvalue weighted by Crippen LogP contribution is 2.20. The molecule has 0 bridgehead atoms. The molecule has 2 rings (SSSR count). The van der Waals surface area contributed by atoms with Crippen molar-refractivity contribution in [2.24, 2.45) is 0 Å². The van der Waals surface area contributed by atoms with E-state index in [0.717, 1.165) is 19.1 Å². The van der Waals surface area contributed by atoms with Gasteiger partial charge < -0.3 is 10.2 Å². The lowest BCUT2D eigenvalue weighted by atomic mass is 10.1. The van der Waals surface area contributed by atoms with Gasteiger partial charge in [0.25, 0.3) is 0 Å². The van der Waals surface area contributed by atoms with Crippen LogP contribution in [0.3, 0.4) is 0 Å². The van der Waals surface area contributed by atoms with Gasteiger partial charge >= 0.3 is 0 Å². The molecule has 2 heterocycles. The minimum atomic E-state index is 0.559. The van der Waals surface area contributed by atoms with Crippen LogP contribution in [0.5, 0.6) is 0 Å². The van der Waals surface area contributed by atoms with Crippen molar-refractivity contribution < 1.29 is 0 Å². The molecular weight excluding hydrogens is 266 g/mol. The van der Waals surface area contributed by atoms with Crippen molar-refractivity contribution >= 4 is 11.3 Å². The highest BCUT2D eigenvalue weighted by molar-refractivity contribution is 7.11. The molecule has 0 amide bonds. The lowest BCUT2D eigenvalue weighted by molar-refractivity contribution is 0.0891. The van der Waals surface area contributed by atoms with E-state index in [1.807, 2.05) is 11.3 Å². The SMILES string of the molecule is CCC1CN(Cc2ccc(CNC(C)C)s2)CCN1C. The number of thiophene rings is 1. The molecule has 1 aromatic heterocycles. The predicted molar refractivity (Wildman–Crippen MR) is 88.3 cm³/mol. The van der Waals surface area contributed by atoms with Crippen molar-refractivity contribution in [3.05, 3.63) is 21.9 Å². The number of nitrogens with zero attached hydrogens (tertiary/aromatic N) is 2. The van der Waals surface area contributed by atoms with Crippen LogP contribution in [-0.2, 0) is 13.1 Å². The Labute approximate surface area is 128 Å². The second-order valence-electron chi connectivity index (χ2n) is 6.18. The van der Waals surface area contributed by atoms with Gasteiger partial charge in [0.05, 0.1) is 0 Å². The van der Waals surface area contributed by atoms with Gasteiger partial charge in [-0.3, -0.25) is 4.90 Å². The van der Waals surface area contributed by atoms with Crippen LogP contribution >= 0.6 is 11.3 Å². The highest BCUT2D eigenvalue weighted by atomic mass is 32.1. The first kappa shape index (κ1) is 16.0. The van der Waals surface area contributed by atoms with Gasteiger partial charge in [0.2, 0.25) is 0 Å². The summed E-state index contributed by atoms with van der Waals surface area (Å²) in [5.74, 6) is 0. The summed E-state index contributed by atoms with van der Waals surface area (Å²) in [6.07, 6.45) is 1.25. The average Bonchev–Trinajstić information content (AvgIpc) is 2.86. The summed E-state index contributed by atoms with van der Waals surface area (Å²) in [7, 11) is 2.26. The van der Waals surface area contributed by atoms with Crippen molar-refractivity contribution in [1.82, 2.24) is 15.1 Å². The van der Waals surface area contributed by atoms with Gasteiger partial charge in [-0.2, -0.15) is 0 Å². The summed E-state index contributed by atoms with van der Waals surface area (Å²) in [6.45, 7) is 12.4. The van der Waals surface area contributed by atoms with Crippen LogP contribution in [0.1, 0.15) is 36.9 Å². The zero-order valence-corrected chi connectivity index (χ0v) is 14.2. The van der Waals surface area contributed by atoms with Gasteiger partial charge in [-0.05, 0) is 25.6 Å². The third-order valence-electron chi connectivity index (χ3n) is 4.11. The minimum absolute atomic E-state index is 0.559. The number of piperazine rings is 1. The first-order valence-electron chi connectivity index (χ1n) is 7.82. The van der Waals surface area contributed by atoms with Crippen LogP contribution in [0.4, 0.5) is 0 Å². The number of hydrogen-bond acceptors (Lipinski definition) is 4. The fourth-order valence-corrected chi connectivity index (χ4v) is 3.73. The molecule has 3 nitrogen and oxygen atoms in total. The minimum Gasteiger partial charge on any atom is -0.310 e. The van der Waals surface area contributed by atoms with E-state index in [9.17, 15) is 0 Å². The van der Waals surface area contributed by atoms with Gasteiger partial charge in [-0.25, -0.2) is 0 Å². The molecule has 0 radical (unpaired) electrons. The molecule has 1 fully saturated rings. The van der Waals surface area contributed by atoms with Crippen LogP contribution in [0, 0.1) is 0 Å². The maximum atomic E-state index is 3.49. The molecule has 114 valence electrons. The Morgan fingerprint density at radius 3 is 2.75 bits per heavy atom. The molecule has 1 atom stereocenters. The predicted octanol–water partition coefficient (Wildman–Crippen LogP) is 2.77. The number of rotatable bonds is 6. The van der Waals surface area contributed by atoms with Crippen LogP contribution in [0.25, 0.3) is 0 Å². The molecule has 1 unspecified atom stereocenters. The quantitative estimate of drug-likeness (QED) is 0.870. The second-order valence-corrected chi connectivity index (χ2v) is 7.43. The zero-order chi connectivity index (χ0) is 14.5. The molecule has 0 aliphatic carbocycles. The van der Waals surface area contributed by atoms with Crippen LogP contribution in [0.15, 0.2) is 12.1 Å². The second kappa shape index (κ2) is 7.55. The number of nitrogens with one attached hydrogen (secondary N) is 1. The van der Waals surface area contributed by atoms with Crippen LogP contribution in [0.2, 0.25) is 0 Å². The van der Waals surface area contributed by atoms with Gasteiger partial charge in [0.15, 0.2) is 0 Å². The maximum Gasteiger partial charge on any atom is 0.0329 e. The van der Waals surface area contributed by atoms with Crippen molar-refractivity contribution in [1.29, 1.82) is 0 Å². The van der Waals surface area contributed by atoms with Gasteiger partial charge in [-0.15, -0.1) is 11.3 Å². The molecule has 1 N–H and O–H groups in total. The smallest absolute Gasteiger partial charge is 0.0329 e. The molecule has 1 aliphatic rings. The maximum absolute atomic E-state index is 3.49. The Balaban J connectivity index is 1.84. The molecule has 1 aliphatic heterocycles. The van der Waals surface area contributed by atoms with Gasteiger partial charge in [-0.1, -0.05) is 20.8 Å². The van der Waals surface area contributed by atoms with E-state index in [-0.39, 0.29) is 0 Å². The normalized spacial score (nSPS) is 21.8. The Hall–Kier alpha value is -0.420. The molecule has 20 heavy (non-hydrogen) atoms. The fraction of sp³-hybridized carbons (Fsp3) is 0.750. The van der Waals surface area contributed by atoms with Crippen molar-refractivity contribution in [2.75, 3.05) is 26.7 Å². The summed E-state index contributed by atoms with van der Waals surface area (Å²) >= 11 is 1.96. The first-order chi connectivity index (χ1) is 9.58. The van der Waals surface area contributed by atoms with E-state index in [1.165, 1.54) is 35.8 Å². The standard InChI is InChI=1S/C16H29N3S/c1-5-14-11-19(9-8-18(14)4)12-16-7-6-15(20-16)10-17-13(2)3/h6-7,13-14,17H,5,8-12H2,1-4H3. The van der Waals surface area contributed by atoms with Crippen LogP contribution < -0.4 is 5.32 Å². The number of likely N-dealkylation sites (N-methyl/N-ethyl adjacent to an activating group) is 1. The van der Waals surface area contributed by atoms with E-state index in [2.05, 4.69) is 55.1 Å². The summed E-state index contributed by atoms with van der Waals surface area (Å²) in [5.41, 5.74) is 0. The van der Waals surface area contributed by atoms with E-state index >= 15 is 0 Å². The Kier molecular flexibility index (Phi) is 6.02. The largest absolute Gasteiger partial charge is 0.310 e. The van der Waals surface area contributed by atoms with Gasteiger partial charge in [0.1, 0.15) is 0 Å². The highest BCUT2D eigenvalue weighted by Gasteiger charge is 2.22. The Morgan fingerprint density at radius 1 is 1.30 bits per heavy atom. The molecule has 1 saturated heterocycles. The Bertz CT molecular complexity index is 402. The van der Waals surface area contributed by atoms with E-state index in [4.69, 9.17) is 0 Å². The van der Waals surface area contributed by atoms with Crippen molar-refractivity contribution in [2.45, 2.75) is 52.4 Å². The van der Waals surface area contributed by atoms with Gasteiger partial charge in [0, 0.05) is 54.6 Å². The lowest BCUT2D eigenvalue weighted by Crippen LogP contribution is -2.50. The van der Waals surface area contributed by atoms with E-state index in [1.54, 1.807) is 0 Å². The average molecular weight is 295 g/mol. The summed E-state index contributed by atoms with van der Waals surface area (Å²) in [5, 5.41) is 3.49. The van der Waals surface area contributed by atoms with Crippen LogP contribution in [-0.4, -0.2) is 48.6 Å².